The minimum absolute atomic E-state index is 0.260. The molecule has 0 atom stereocenters. The zero-order valence-corrected chi connectivity index (χ0v) is 12.8. The molecule has 0 saturated carbocycles. The smallest absolute Gasteiger partial charge is 0.277 e. The topological polar surface area (TPSA) is 61.0 Å². The van der Waals surface area contributed by atoms with Crippen LogP contribution in [0.15, 0.2) is 46.9 Å². The van der Waals surface area contributed by atoms with Gasteiger partial charge in [-0.2, -0.15) is 0 Å². The minimum atomic E-state index is -0.352. The van der Waals surface area contributed by atoms with Crippen LogP contribution in [0.1, 0.15) is 0 Å². The fourth-order valence-corrected chi connectivity index (χ4v) is 3.09. The van der Waals surface area contributed by atoms with Crippen LogP contribution in [0.2, 0.25) is 0 Å². The van der Waals surface area contributed by atoms with Crippen LogP contribution in [-0.2, 0) is 0 Å². The van der Waals surface area contributed by atoms with Crippen molar-refractivity contribution < 1.29 is 13.5 Å². The van der Waals surface area contributed by atoms with Gasteiger partial charge in [0.25, 0.3) is 5.89 Å². The SMILES string of the molecule is COc1ccc2nc(-c3nnc(-c4cccc(F)c4)o3)sc2c1. The first-order chi connectivity index (χ1) is 11.2. The Hall–Kier alpha value is -2.80. The van der Waals surface area contributed by atoms with Gasteiger partial charge in [0.2, 0.25) is 5.89 Å². The summed E-state index contributed by atoms with van der Waals surface area (Å²) in [6.45, 7) is 0. The van der Waals surface area contributed by atoms with Gasteiger partial charge in [0, 0.05) is 5.56 Å². The maximum Gasteiger partial charge on any atom is 0.277 e. The van der Waals surface area contributed by atoms with E-state index in [-0.39, 0.29) is 11.7 Å². The van der Waals surface area contributed by atoms with Crippen LogP contribution in [0.25, 0.3) is 32.6 Å². The van der Waals surface area contributed by atoms with E-state index in [0.29, 0.717) is 16.5 Å². The average Bonchev–Trinajstić information content (AvgIpc) is 3.20. The summed E-state index contributed by atoms with van der Waals surface area (Å²) in [5.74, 6) is 0.980. The molecule has 23 heavy (non-hydrogen) atoms. The van der Waals surface area contributed by atoms with E-state index in [1.54, 1.807) is 19.2 Å². The van der Waals surface area contributed by atoms with Gasteiger partial charge in [-0.1, -0.05) is 6.07 Å². The highest BCUT2D eigenvalue weighted by molar-refractivity contribution is 7.21. The molecule has 114 valence electrons. The first-order valence-corrected chi connectivity index (χ1v) is 7.59. The summed E-state index contributed by atoms with van der Waals surface area (Å²) in [4.78, 5) is 4.48. The molecule has 0 unspecified atom stereocenters. The monoisotopic (exact) mass is 327 g/mol. The van der Waals surface area contributed by atoms with Crippen LogP contribution in [0, 0.1) is 5.82 Å². The predicted molar refractivity (Wildman–Crippen MR) is 84.9 cm³/mol. The molecule has 0 N–H and O–H groups in total. The molecule has 0 spiro atoms. The number of nitrogens with zero attached hydrogens (tertiary/aromatic N) is 3. The van der Waals surface area contributed by atoms with E-state index < -0.39 is 0 Å². The molecule has 2 aromatic carbocycles. The largest absolute Gasteiger partial charge is 0.497 e. The summed E-state index contributed by atoms with van der Waals surface area (Å²) in [6, 6.07) is 11.6. The fourth-order valence-electron chi connectivity index (χ4n) is 2.17. The Morgan fingerprint density at radius 1 is 1.09 bits per heavy atom. The van der Waals surface area contributed by atoms with Crippen molar-refractivity contribution in [3.63, 3.8) is 0 Å². The Morgan fingerprint density at radius 3 is 2.78 bits per heavy atom. The number of aromatic nitrogens is 3. The number of fused-ring (bicyclic) bond motifs is 1. The number of rotatable bonds is 3. The van der Waals surface area contributed by atoms with E-state index in [2.05, 4.69) is 15.2 Å². The Labute approximate surface area is 134 Å². The molecule has 0 aliphatic carbocycles. The number of hydrogen-bond acceptors (Lipinski definition) is 6. The van der Waals surface area contributed by atoms with E-state index in [0.717, 1.165) is 16.0 Å². The van der Waals surface area contributed by atoms with Gasteiger partial charge in [-0.15, -0.1) is 21.5 Å². The molecule has 7 heteroatoms. The minimum Gasteiger partial charge on any atom is -0.497 e. The van der Waals surface area contributed by atoms with Gasteiger partial charge in [-0.25, -0.2) is 9.37 Å². The lowest BCUT2D eigenvalue weighted by molar-refractivity contribution is 0.415. The van der Waals surface area contributed by atoms with E-state index in [1.807, 2.05) is 18.2 Å². The van der Waals surface area contributed by atoms with Gasteiger partial charge < -0.3 is 9.15 Å². The molecule has 0 aliphatic rings. The van der Waals surface area contributed by atoms with Gasteiger partial charge in [0.15, 0.2) is 5.01 Å². The Balaban J connectivity index is 1.74. The quantitative estimate of drug-likeness (QED) is 0.565. The zero-order chi connectivity index (χ0) is 15.8. The predicted octanol–water partition coefficient (Wildman–Crippen LogP) is 4.16. The highest BCUT2D eigenvalue weighted by atomic mass is 32.1. The van der Waals surface area contributed by atoms with Gasteiger partial charge >= 0.3 is 0 Å². The normalized spacial score (nSPS) is 11.0. The Kier molecular flexibility index (Phi) is 3.27. The van der Waals surface area contributed by atoms with Crippen molar-refractivity contribution in [1.82, 2.24) is 15.2 Å². The fraction of sp³-hybridized carbons (Fsp3) is 0.0625. The molecule has 0 radical (unpaired) electrons. The van der Waals surface area contributed by atoms with Crippen LogP contribution in [0.4, 0.5) is 4.39 Å². The summed E-state index contributed by atoms with van der Waals surface area (Å²) in [5, 5.41) is 8.59. The molecule has 0 aliphatic heterocycles. The molecule has 5 nitrogen and oxygen atoms in total. The van der Waals surface area contributed by atoms with E-state index >= 15 is 0 Å². The van der Waals surface area contributed by atoms with Crippen LogP contribution < -0.4 is 4.74 Å². The van der Waals surface area contributed by atoms with Crippen molar-refractivity contribution in [3.8, 4) is 28.1 Å². The van der Waals surface area contributed by atoms with Gasteiger partial charge in [-0.3, -0.25) is 0 Å². The summed E-state index contributed by atoms with van der Waals surface area (Å²) in [6.07, 6.45) is 0. The highest BCUT2D eigenvalue weighted by Crippen LogP contribution is 2.32. The van der Waals surface area contributed by atoms with Crippen LogP contribution in [0.3, 0.4) is 0 Å². The van der Waals surface area contributed by atoms with Gasteiger partial charge in [0.05, 0.1) is 17.3 Å². The molecule has 0 amide bonds. The molecule has 2 aromatic heterocycles. The Morgan fingerprint density at radius 2 is 1.96 bits per heavy atom. The first kappa shape index (κ1) is 13.8. The van der Waals surface area contributed by atoms with Crippen molar-refractivity contribution in [2.75, 3.05) is 7.11 Å². The maximum absolute atomic E-state index is 13.3. The third kappa shape index (κ3) is 2.55. The summed E-state index contributed by atoms with van der Waals surface area (Å²) in [5.41, 5.74) is 1.36. The third-order valence-electron chi connectivity index (χ3n) is 3.28. The number of benzene rings is 2. The van der Waals surface area contributed by atoms with E-state index in [1.165, 1.54) is 23.5 Å². The van der Waals surface area contributed by atoms with Crippen molar-refractivity contribution in [2.45, 2.75) is 0 Å². The summed E-state index contributed by atoms with van der Waals surface area (Å²) in [7, 11) is 1.62. The summed E-state index contributed by atoms with van der Waals surface area (Å²) >= 11 is 1.43. The Bertz CT molecular complexity index is 996. The second kappa shape index (κ2) is 5.44. The molecule has 0 bridgehead atoms. The van der Waals surface area contributed by atoms with Gasteiger partial charge in [0.1, 0.15) is 11.6 Å². The van der Waals surface area contributed by atoms with Crippen molar-refractivity contribution >= 4 is 21.6 Å². The first-order valence-electron chi connectivity index (χ1n) is 6.77. The van der Waals surface area contributed by atoms with E-state index in [4.69, 9.17) is 9.15 Å². The summed E-state index contributed by atoms with van der Waals surface area (Å²) < 4.78 is 25.1. The molecular formula is C16H10FN3O2S. The molecule has 0 saturated heterocycles. The van der Waals surface area contributed by atoms with Crippen LogP contribution >= 0.6 is 11.3 Å². The number of hydrogen-bond donors (Lipinski definition) is 0. The second-order valence-corrected chi connectivity index (χ2v) is 5.81. The van der Waals surface area contributed by atoms with Crippen LogP contribution in [0.5, 0.6) is 5.75 Å². The number of methoxy groups -OCH3 is 1. The molecule has 2 heterocycles. The van der Waals surface area contributed by atoms with Gasteiger partial charge in [-0.05, 0) is 36.4 Å². The number of ether oxygens (including phenoxy) is 1. The number of halogens is 1. The lowest BCUT2D eigenvalue weighted by atomic mass is 10.2. The van der Waals surface area contributed by atoms with Crippen LogP contribution in [-0.4, -0.2) is 22.3 Å². The van der Waals surface area contributed by atoms with E-state index in [9.17, 15) is 4.39 Å². The molecule has 0 fully saturated rings. The number of thiazole rings is 1. The second-order valence-electron chi connectivity index (χ2n) is 4.78. The van der Waals surface area contributed by atoms with Crippen molar-refractivity contribution in [2.24, 2.45) is 0 Å². The zero-order valence-electron chi connectivity index (χ0n) is 12.0. The third-order valence-corrected chi connectivity index (χ3v) is 4.28. The average molecular weight is 327 g/mol. The standard InChI is InChI=1S/C16H10FN3O2S/c1-21-11-5-6-12-13(8-11)23-16(18-12)15-20-19-14(22-15)9-3-2-4-10(17)7-9/h2-8H,1H3. The lowest BCUT2D eigenvalue weighted by Gasteiger charge is -1.96. The lowest BCUT2D eigenvalue weighted by Crippen LogP contribution is -1.80. The molecule has 4 aromatic rings. The molecule has 4 rings (SSSR count). The highest BCUT2D eigenvalue weighted by Gasteiger charge is 2.15. The van der Waals surface area contributed by atoms with Crippen molar-refractivity contribution in [1.29, 1.82) is 0 Å². The maximum atomic E-state index is 13.3. The van der Waals surface area contributed by atoms with Crippen molar-refractivity contribution in [3.05, 3.63) is 48.3 Å². The molecular weight excluding hydrogens is 317 g/mol.